The van der Waals surface area contributed by atoms with Crippen molar-refractivity contribution in [2.45, 2.75) is 87.7 Å². The van der Waals surface area contributed by atoms with Gasteiger partial charge in [0, 0.05) is 17.6 Å². The molecule has 0 aliphatic heterocycles. The van der Waals surface area contributed by atoms with E-state index in [0.29, 0.717) is 5.69 Å². The molecule has 34 heavy (non-hydrogen) atoms. The van der Waals surface area contributed by atoms with E-state index in [4.69, 9.17) is 4.74 Å². The highest BCUT2D eigenvalue weighted by Gasteiger charge is 2.40. The van der Waals surface area contributed by atoms with E-state index in [9.17, 15) is 13.2 Å². The lowest BCUT2D eigenvalue weighted by molar-refractivity contribution is -0.0313. The number of carbonyl (C=O) groups is 1. The van der Waals surface area contributed by atoms with Crippen molar-refractivity contribution in [2.24, 2.45) is 5.92 Å². The molecule has 1 unspecified atom stereocenters. The molecule has 4 rings (SSSR count). The lowest BCUT2D eigenvalue weighted by Crippen LogP contribution is -2.39. The van der Waals surface area contributed by atoms with Crippen LogP contribution in [0.5, 0.6) is 0 Å². The van der Waals surface area contributed by atoms with Crippen molar-refractivity contribution in [3.8, 4) is 0 Å². The predicted molar refractivity (Wildman–Crippen MR) is 134 cm³/mol. The fourth-order valence-electron chi connectivity index (χ4n) is 5.36. The Morgan fingerprint density at radius 2 is 1.44 bits per heavy atom. The summed E-state index contributed by atoms with van der Waals surface area (Å²) in [6.07, 6.45) is 10.1. The van der Waals surface area contributed by atoms with Crippen LogP contribution in [0.2, 0.25) is 0 Å². The molecule has 2 N–H and O–H groups in total. The van der Waals surface area contributed by atoms with Crippen molar-refractivity contribution < 1.29 is 17.9 Å². The van der Waals surface area contributed by atoms with Crippen LogP contribution in [0.4, 0.5) is 10.5 Å². The summed E-state index contributed by atoms with van der Waals surface area (Å²) in [5.41, 5.74) is 0.770. The number of ether oxygens (including phenoxy) is 1. The summed E-state index contributed by atoms with van der Waals surface area (Å²) in [4.78, 5) is 13.1. The van der Waals surface area contributed by atoms with Gasteiger partial charge >= 0.3 is 6.09 Å². The average molecular weight is 485 g/mol. The van der Waals surface area contributed by atoms with Crippen molar-refractivity contribution in [3.05, 3.63) is 60.2 Å². The largest absolute Gasteiger partial charge is 0.438 e. The molecule has 1 amide bonds. The molecule has 0 spiro atoms. The van der Waals surface area contributed by atoms with Gasteiger partial charge in [0.2, 0.25) is 10.0 Å². The van der Waals surface area contributed by atoms with E-state index in [-0.39, 0.29) is 16.9 Å². The number of carbonyl (C=O) groups excluding carboxylic acids is 1. The third-order valence-corrected chi connectivity index (χ3v) is 8.91. The molecule has 1 atom stereocenters. The Hall–Kier alpha value is -2.38. The smallest absolute Gasteiger partial charge is 0.412 e. The van der Waals surface area contributed by atoms with Gasteiger partial charge in [-0.05, 0) is 62.4 Å². The Bertz CT molecular complexity index is 1040. The summed E-state index contributed by atoms with van der Waals surface area (Å²) in [7, 11) is -3.58. The van der Waals surface area contributed by atoms with Crippen LogP contribution in [0.3, 0.4) is 0 Å². The first-order valence-electron chi connectivity index (χ1n) is 12.5. The van der Waals surface area contributed by atoms with E-state index in [1.165, 1.54) is 25.0 Å². The van der Waals surface area contributed by atoms with Crippen LogP contribution in [-0.4, -0.2) is 20.6 Å². The van der Waals surface area contributed by atoms with E-state index in [2.05, 4.69) is 10.0 Å². The van der Waals surface area contributed by atoms with E-state index in [1.54, 1.807) is 12.1 Å². The van der Waals surface area contributed by atoms with Gasteiger partial charge in [-0.25, -0.2) is 17.9 Å². The van der Waals surface area contributed by atoms with E-state index >= 15 is 0 Å². The van der Waals surface area contributed by atoms with Crippen molar-refractivity contribution in [1.82, 2.24) is 4.72 Å². The molecule has 2 aromatic carbocycles. The Morgan fingerprint density at radius 3 is 2.06 bits per heavy atom. The Labute approximate surface area is 203 Å². The van der Waals surface area contributed by atoms with Gasteiger partial charge in [0.05, 0.1) is 4.90 Å². The van der Waals surface area contributed by atoms with Crippen molar-refractivity contribution in [1.29, 1.82) is 0 Å². The molecule has 0 heterocycles. The molecule has 6 nitrogen and oxygen atoms in total. The fourth-order valence-corrected chi connectivity index (χ4v) is 6.67. The Balaban J connectivity index is 1.43. The first kappa shape index (κ1) is 24.7. The summed E-state index contributed by atoms with van der Waals surface area (Å²) < 4.78 is 34.4. The number of nitrogens with one attached hydrogen (secondary N) is 2. The van der Waals surface area contributed by atoms with Gasteiger partial charge in [-0.3, -0.25) is 5.32 Å². The van der Waals surface area contributed by atoms with Crippen LogP contribution in [0.1, 0.15) is 76.7 Å². The van der Waals surface area contributed by atoms with Crippen LogP contribution in [0.15, 0.2) is 59.5 Å². The average Bonchev–Trinajstić information content (AvgIpc) is 2.85. The molecule has 0 bridgehead atoms. The molecular weight excluding hydrogens is 448 g/mol. The van der Waals surface area contributed by atoms with Crippen LogP contribution >= 0.6 is 0 Å². The lowest BCUT2D eigenvalue weighted by atomic mass is 9.74. The molecule has 2 saturated carbocycles. The first-order valence-corrected chi connectivity index (χ1v) is 14.0. The monoisotopic (exact) mass is 484 g/mol. The van der Waals surface area contributed by atoms with Crippen LogP contribution in [-0.2, 0) is 20.4 Å². The highest BCUT2D eigenvalue weighted by molar-refractivity contribution is 7.89. The SMILES string of the molecule is CC(OC(=O)Nc1ccc(S(=O)(=O)NC2CCCCC2)cc1)(c1ccccc1)C1CCCCC1. The van der Waals surface area contributed by atoms with Gasteiger partial charge in [-0.1, -0.05) is 68.9 Å². The van der Waals surface area contributed by atoms with Gasteiger partial charge in [0.25, 0.3) is 0 Å². The maximum atomic E-state index is 12.9. The minimum absolute atomic E-state index is 0.00183. The topological polar surface area (TPSA) is 84.5 Å². The van der Waals surface area contributed by atoms with E-state index < -0.39 is 21.7 Å². The standard InChI is InChI=1S/C27H36N2O4S/c1-27(21-11-5-2-6-12-21,22-13-7-3-8-14-22)33-26(30)28-23-17-19-25(20-18-23)34(31,32)29-24-15-9-4-10-16-24/h2,5-6,11-12,17-20,22,24,29H,3-4,7-10,13-16H2,1H3,(H,28,30). The zero-order valence-electron chi connectivity index (χ0n) is 20.0. The third-order valence-electron chi connectivity index (χ3n) is 7.37. The van der Waals surface area contributed by atoms with E-state index in [1.807, 2.05) is 37.3 Å². The molecule has 184 valence electrons. The minimum Gasteiger partial charge on any atom is -0.438 e. The van der Waals surface area contributed by atoms with Gasteiger partial charge in [-0.15, -0.1) is 0 Å². The number of hydrogen-bond acceptors (Lipinski definition) is 4. The molecule has 2 aliphatic carbocycles. The van der Waals surface area contributed by atoms with Crippen molar-refractivity contribution in [3.63, 3.8) is 0 Å². The molecule has 2 fully saturated rings. The number of hydrogen-bond donors (Lipinski definition) is 2. The number of amides is 1. The maximum absolute atomic E-state index is 12.9. The first-order chi connectivity index (χ1) is 16.4. The van der Waals surface area contributed by atoms with E-state index in [0.717, 1.165) is 56.9 Å². The molecule has 2 aromatic rings. The molecule has 2 aliphatic rings. The quantitative estimate of drug-likeness (QED) is 0.480. The number of anilines is 1. The summed E-state index contributed by atoms with van der Waals surface area (Å²) in [5, 5.41) is 2.79. The third kappa shape index (κ3) is 5.99. The summed E-state index contributed by atoms with van der Waals surface area (Å²) in [5.74, 6) is 0.257. The fraction of sp³-hybridized carbons (Fsp3) is 0.519. The molecule has 0 radical (unpaired) electrons. The summed E-state index contributed by atoms with van der Waals surface area (Å²) in [6, 6.07) is 16.2. The van der Waals surface area contributed by atoms with Crippen LogP contribution < -0.4 is 10.0 Å². The number of sulfonamides is 1. The molecule has 0 saturated heterocycles. The summed E-state index contributed by atoms with van der Waals surface area (Å²) in [6.45, 7) is 2.00. The Kier molecular flexibility index (Phi) is 7.94. The van der Waals surface area contributed by atoms with Crippen LogP contribution in [0, 0.1) is 5.92 Å². The van der Waals surface area contributed by atoms with Crippen molar-refractivity contribution >= 4 is 21.8 Å². The van der Waals surface area contributed by atoms with Crippen molar-refractivity contribution in [2.75, 3.05) is 5.32 Å². The van der Waals surface area contributed by atoms with Gasteiger partial charge in [0.15, 0.2) is 0 Å². The predicted octanol–water partition coefficient (Wildman–Crippen LogP) is 6.34. The second-order valence-corrected chi connectivity index (χ2v) is 11.5. The molecule has 0 aromatic heterocycles. The molecular formula is C27H36N2O4S. The lowest BCUT2D eigenvalue weighted by Gasteiger charge is -2.39. The van der Waals surface area contributed by atoms with Gasteiger partial charge < -0.3 is 4.74 Å². The maximum Gasteiger partial charge on any atom is 0.412 e. The zero-order chi connectivity index (χ0) is 24.0. The minimum atomic E-state index is -3.58. The second kappa shape index (κ2) is 10.9. The highest BCUT2D eigenvalue weighted by atomic mass is 32.2. The normalized spacial score (nSPS) is 19.8. The van der Waals surface area contributed by atoms with Crippen LogP contribution in [0.25, 0.3) is 0 Å². The van der Waals surface area contributed by atoms with Gasteiger partial charge in [-0.2, -0.15) is 0 Å². The summed E-state index contributed by atoms with van der Waals surface area (Å²) >= 11 is 0. The second-order valence-electron chi connectivity index (χ2n) is 9.80. The zero-order valence-corrected chi connectivity index (χ0v) is 20.8. The number of benzene rings is 2. The Morgan fingerprint density at radius 1 is 0.853 bits per heavy atom. The van der Waals surface area contributed by atoms with Gasteiger partial charge in [0.1, 0.15) is 5.60 Å². The number of rotatable bonds is 7. The highest BCUT2D eigenvalue weighted by Crippen LogP contribution is 2.42. The molecule has 7 heteroatoms.